The van der Waals surface area contributed by atoms with Crippen LogP contribution in [0, 0.1) is 6.92 Å². The van der Waals surface area contributed by atoms with Gasteiger partial charge in [-0.15, -0.1) is 0 Å². The van der Waals surface area contributed by atoms with Gasteiger partial charge in [-0.25, -0.2) is 0 Å². The normalized spacial score (nSPS) is 10.5. The zero-order valence-corrected chi connectivity index (χ0v) is 10.8. The lowest BCUT2D eigenvalue weighted by atomic mass is 10.2. The third-order valence-corrected chi connectivity index (χ3v) is 3.13. The minimum Gasteiger partial charge on any atom is -0.380 e. The van der Waals surface area contributed by atoms with E-state index in [1.165, 1.54) is 11.1 Å². The van der Waals surface area contributed by atoms with E-state index in [4.69, 9.17) is 4.74 Å². The summed E-state index contributed by atoms with van der Waals surface area (Å²) in [5.41, 5.74) is 2.73. The molecular formula is C12H18OS2. The molecule has 1 aromatic carbocycles. The second-order valence-corrected chi connectivity index (χ2v) is 4.93. The van der Waals surface area contributed by atoms with Gasteiger partial charge in [-0.2, -0.15) is 24.4 Å². The molecule has 0 amide bonds. The Balaban J connectivity index is 2.10. The Kier molecular flexibility index (Phi) is 6.98. The molecule has 1 rings (SSSR count). The summed E-state index contributed by atoms with van der Waals surface area (Å²) in [6, 6.07) is 8.66. The summed E-state index contributed by atoms with van der Waals surface area (Å²) >= 11 is 6.00. The fourth-order valence-electron chi connectivity index (χ4n) is 1.28. The van der Waals surface area contributed by atoms with Gasteiger partial charge >= 0.3 is 0 Å². The summed E-state index contributed by atoms with van der Waals surface area (Å²) in [4.78, 5) is 0. The van der Waals surface area contributed by atoms with Crippen LogP contribution in [0.4, 0.5) is 0 Å². The first-order valence-corrected chi connectivity index (χ1v) is 6.93. The zero-order valence-electron chi connectivity index (χ0n) is 9.11. The average Bonchev–Trinajstić information content (AvgIpc) is 2.23. The van der Waals surface area contributed by atoms with Gasteiger partial charge in [0.25, 0.3) is 0 Å². The van der Waals surface area contributed by atoms with E-state index in [0.717, 1.165) is 30.5 Å². The second kappa shape index (κ2) is 8.08. The number of rotatable bonds is 7. The van der Waals surface area contributed by atoms with Crippen LogP contribution >= 0.6 is 24.4 Å². The maximum atomic E-state index is 5.35. The van der Waals surface area contributed by atoms with Gasteiger partial charge in [-0.3, -0.25) is 0 Å². The van der Waals surface area contributed by atoms with Crippen molar-refractivity contribution in [1.82, 2.24) is 0 Å². The van der Waals surface area contributed by atoms with Crippen LogP contribution in [-0.4, -0.2) is 24.7 Å². The number of hydrogen-bond donors (Lipinski definition) is 1. The molecule has 0 N–H and O–H groups in total. The van der Waals surface area contributed by atoms with Gasteiger partial charge in [0.15, 0.2) is 0 Å². The summed E-state index contributed by atoms with van der Waals surface area (Å²) in [5, 5.41) is 0. The zero-order chi connectivity index (χ0) is 10.9. The van der Waals surface area contributed by atoms with Gasteiger partial charge in [0.1, 0.15) is 0 Å². The van der Waals surface area contributed by atoms with Crippen molar-refractivity contribution in [2.75, 3.05) is 24.7 Å². The molecule has 1 aromatic rings. The van der Waals surface area contributed by atoms with E-state index in [9.17, 15) is 0 Å². The molecule has 0 saturated heterocycles. The summed E-state index contributed by atoms with van der Waals surface area (Å²) in [7, 11) is 0. The van der Waals surface area contributed by atoms with E-state index in [1.807, 2.05) is 11.8 Å². The molecule has 0 atom stereocenters. The highest BCUT2D eigenvalue weighted by atomic mass is 32.2. The first kappa shape index (κ1) is 12.9. The smallest absolute Gasteiger partial charge is 0.0557 e. The van der Waals surface area contributed by atoms with Gasteiger partial charge in [0, 0.05) is 17.3 Å². The van der Waals surface area contributed by atoms with Gasteiger partial charge in [0.05, 0.1) is 13.2 Å². The summed E-state index contributed by atoms with van der Waals surface area (Å²) in [5.74, 6) is 2.94. The van der Waals surface area contributed by atoms with E-state index >= 15 is 0 Å². The van der Waals surface area contributed by atoms with Crippen LogP contribution in [0.25, 0.3) is 0 Å². The Labute approximate surface area is 102 Å². The Morgan fingerprint density at radius 2 is 2.20 bits per heavy atom. The molecule has 0 bridgehead atoms. The third kappa shape index (κ3) is 6.13. The molecule has 0 radical (unpaired) electrons. The van der Waals surface area contributed by atoms with Crippen LogP contribution in [0.15, 0.2) is 24.3 Å². The minimum absolute atomic E-state index is 0.758. The molecule has 15 heavy (non-hydrogen) atoms. The van der Waals surface area contributed by atoms with Crippen LogP contribution in [0.3, 0.4) is 0 Å². The van der Waals surface area contributed by atoms with Crippen molar-refractivity contribution >= 4 is 24.4 Å². The van der Waals surface area contributed by atoms with Crippen LogP contribution < -0.4 is 0 Å². The molecule has 0 unspecified atom stereocenters. The number of aryl methyl sites for hydroxylation is 1. The average molecular weight is 242 g/mol. The molecule has 0 heterocycles. The Morgan fingerprint density at radius 3 is 2.93 bits per heavy atom. The second-order valence-electron chi connectivity index (χ2n) is 3.38. The van der Waals surface area contributed by atoms with Crippen molar-refractivity contribution in [3.05, 3.63) is 35.4 Å². The predicted molar refractivity (Wildman–Crippen MR) is 72.0 cm³/mol. The van der Waals surface area contributed by atoms with E-state index in [0.29, 0.717) is 0 Å². The lowest BCUT2D eigenvalue weighted by molar-refractivity contribution is 0.167. The first-order chi connectivity index (χ1) is 7.33. The number of thioether (sulfide) groups is 1. The van der Waals surface area contributed by atoms with Crippen molar-refractivity contribution in [2.45, 2.75) is 12.7 Å². The fraction of sp³-hybridized carbons (Fsp3) is 0.500. The molecular weight excluding hydrogens is 224 g/mol. The Hall–Kier alpha value is -0.120. The van der Waals surface area contributed by atoms with Crippen LogP contribution in [0.1, 0.15) is 11.1 Å². The van der Waals surface area contributed by atoms with E-state index in [1.54, 1.807) is 0 Å². The molecule has 0 fully saturated rings. The summed E-state index contributed by atoms with van der Waals surface area (Å²) in [6.45, 7) is 3.72. The summed E-state index contributed by atoms with van der Waals surface area (Å²) < 4.78 is 5.35. The van der Waals surface area contributed by atoms with Crippen molar-refractivity contribution in [2.24, 2.45) is 0 Å². The first-order valence-electron chi connectivity index (χ1n) is 5.15. The number of benzene rings is 1. The highest BCUT2D eigenvalue weighted by Crippen LogP contribution is 2.13. The van der Waals surface area contributed by atoms with Crippen LogP contribution in [0.5, 0.6) is 0 Å². The molecule has 0 aliphatic heterocycles. The van der Waals surface area contributed by atoms with Crippen LogP contribution in [0.2, 0.25) is 0 Å². The van der Waals surface area contributed by atoms with E-state index in [-0.39, 0.29) is 0 Å². The van der Waals surface area contributed by atoms with Crippen molar-refractivity contribution in [3.63, 3.8) is 0 Å². The van der Waals surface area contributed by atoms with Crippen molar-refractivity contribution in [3.8, 4) is 0 Å². The van der Waals surface area contributed by atoms with Crippen LogP contribution in [-0.2, 0) is 10.5 Å². The molecule has 0 saturated carbocycles. The predicted octanol–water partition coefficient (Wildman–Crippen LogP) is 3.17. The summed E-state index contributed by atoms with van der Waals surface area (Å²) in [6.07, 6.45) is 0. The molecule has 0 aliphatic carbocycles. The molecule has 3 heteroatoms. The Bertz CT molecular complexity index is 276. The van der Waals surface area contributed by atoms with Crippen molar-refractivity contribution in [1.29, 1.82) is 0 Å². The lowest BCUT2D eigenvalue weighted by Gasteiger charge is -2.03. The van der Waals surface area contributed by atoms with E-state index < -0.39 is 0 Å². The highest BCUT2D eigenvalue weighted by Gasteiger charge is 1.94. The highest BCUT2D eigenvalue weighted by molar-refractivity contribution is 7.98. The fourth-order valence-corrected chi connectivity index (χ4v) is 2.20. The quantitative estimate of drug-likeness (QED) is 0.581. The van der Waals surface area contributed by atoms with Crippen molar-refractivity contribution < 1.29 is 4.74 Å². The molecule has 0 aliphatic rings. The largest absolute Gasteiger partial charge is 0.380 e. The van der Waals surface area contributed by atoms with Gasteiger partial charge in [-0.05, 0) is 12.5 Å². The molecule has 1 nitrogen and oxygen atoms in total. The maximum absolute atomic E-state index is 5.35. The lowest BCUT2D eigenvalue weighted by Crippen LogP contribution is -2.00. The molecule has 0 aromatic heterocycles. The maximum Gasteiger partial charge on any atom is 0.0557 e. The SMILES string of the molecule is Cc1cccc(CSCCOCCS)c1. The number of ether oxygens (including phenoxy) is 1. The van der Waals surface area contributed by atoms with Gasteiger partial charge in [0.2, 0.25) is 0 Å². The Morgan fingerprint density at radius 1 is 1.33 bits per heavy atom. The van der Waals surface area contributed by atoms with E-state index in [2.05, 4.69) is 43.8 Å². The molecule has 84 valence electrons. The van der Waals surface area contributed by atoms with Gasteiger partial charge < -0.3 is 4.74 Å². The monoisotopic (exact) mass is 242 g/mol. The number of hydrogen-bond acceptors (Lipinski definition) is 3. The standard InChI is InChI=1S/C12H18OS2/c1-11-3-2-4-12(9-11)10-15-8-6-13-5-7-14/h2-4,9,14H,5-8,10H2,1H3. The number of thiol groups is 1. The topological polar surface area (TPSA) is 9.23 Å². The van der Waals surface area contributed by atoms with Gasteiger partial charge in [-0.1, -0.05) is 29.8 Å². The minimum atomic E-state index is 0.758. The third-order valence-electron chi connectivity index (χ3n) is 1.96. The molecule has 0 spiro atoms.